The molecule has 1 heterocycles. The summed E-state index contributed by atoms with van der Waals surface area (Å²) >= 11 is 0. The topological polar surface area (TPSA) is 166 Å². The molecule has 5 atom stereocenters. The van der Waals surface area contributed by atoms with E-state index < -0.39 is 53.2 Å². The first-order valence-corrected chi connectivity index (χ1v) is 12.1. The second kappa shape index (κ2) is 8.91. The van der Waals surface area contributed by atoms with Gasteiger partial charge >= 0.3 is 0 Å². The molecule has 5 rings (SSSR count). The summed E-state index contributed by atoms with van der Waals surface area (Å²) in [5.74, 6) is -2.27. The molecule has 2 aromatic rings. The third-order valence-electron chi connectivity index (χ3n) is 7.82. The number of aliphatic hydroxyl groups is 1. The van der Waals surface area contributed by atoms with Gasteiger partial charge in [0.15, 0.2) is 17.9 Å². The zero-order chi connectivity index (χ0) is 26.8. The number of ether oxygens (including phenoxy) is 3. The highest BCUT2D eigenvalue weighted by Gasteiger charge is 2.48. The van der Waals surface area contributed by atoms with Crippen LogP contribution in [-0.4, -0.2) is 69.9 Å². The molecule has 0 aromatic heterocycles. The van der Waals surface area contributed by atoms with Crippen molar-refractivity contribution in [2.75, 3.05) is 7.11 Å². The number of fused-ring (bicyclic) bond motifs is 3. The number of carbonyl (C=O) groups is 3. The molecular weight excluding hydrogens is 482 g/mol. The largest absolute Gasteiger partial charge is 0.507 e. The van der Waals surface area contributed by atoms with Gasteiger partial charge in [-0.15, -0.1) is 0 Å². The van der Waals surface area contributed by atoms with Gasteiger partial charge < -0.3 is 35.3 Å². The third-order valence-corrected chi connectivity index (χ3v) is 7.82. The van der Waals surface area contributed by atoms with E-state index >= 15 is 0 Å². The van der Waals surface area contributed by atoms with E-state index in [1.54, 1.807) is 19.1 Å². The number of ketones is 3. The third kappa shape index (κ3) is 3.74. The van der Waals surface area contributed by atoms with Crippen molar-refractivity contribution in [3.05, 3.63) is 51.6 Å². The standard InChI is InChI=1S/C27H29NO9/c1-11-22(30)16(28)9-18(36-11)37-27(12(2)29)8-7-13-15(10-27)25(33)20-21(23(13)31)26(34)19-14(24(20)32)5-4-6-17(19)35-3/h4-6,11,16,18,22,30-31,33H,7-10,28H2,1-3H3/t11-,16-,18-,22+,27+/m0/s1. The number of hydrogen-bond donors (Lipinski definition) is 4. The van der Waals surface area contributed by atoms with E-state index in [4.69, 9.17) is 19.9 Å². The molecule has 0 radical (unpaired) electrons. The number of Topliss-reactive ketones (excluding diaryl/α,β-unsaturated/α-hetero) is 1. The average Bonchev–Trinajstić information content (AvgIpc) is 2.87. The van der Waals surface area contributed by atoms with Crippen LogP contribution in [0.25, 0.3) is 0 Å². The Morgan fingerprint density at radius 2 is 1.78 bits per heavy atom. The predicted molar refractivity (Wildman–Crippen MR) is 129 cm³/mol. The summed E-state index contributed by atoms with van der Waals surface area (Å²) in [5.41, 5.74) is 4.52. The molecule has 1 aliphatic heterocycles. The van der Waals surface area contributed by atoms with Gasteiger partial charge in [-0.1, -0.05) is 12.1 Å². The summed E-state index contributed by atoms with van der Waals surface area (Å²) in [5, 5.41) is 32.6. The molecule has 0 spiro atoms. The number of aromatic hydroxyl groups is 2. The van der Waals surface area contributed by atoms with Crippen LogP contribution >= 0.6 is 0 Å². The molecule has 10 nitrogen and oxygen atoms in total. The zero-order valence-electron chi connectivity index (χ0n) is 20.7. The summed E-state index contributed by atoms with van der Waals surface area (Å²) in [7, 11) is 1.37. The molecule has 2 aliphatic carbocycles. The van der Waals surface area contributed by atoms with Gasteiger partial charge in [0, 0.05) is 35.6 Å². The summed E-state index contributed by atoms with van der Waals surface area (Å²) in [6.07, 6.45) is -2.14. The van der Waals surface area contributed by atoms with Gasteiger partial charge in [0.1, 0.15) is 22.8 Å². The smallest absolute Gasteiger partial charge is 0.202 e. The summed E-state index contributed by atoms with van der Waals surface area (Å²) in [6.45, 7) is 3.01. The van der Waals surface area contributed by atoms with Gasteiger partial charge in [-0.05, 0) is 32.8 Å². The van der Waals surface area contributed by atoms with Crippen molar-refractivity contribution in [2.24, 2.45) is 5.73 Å². The number of benzene rings is 2. The first kappa shape index (κ1) is 25.3. The Hall–Kier alpha value is -3.31. The number of nitrogens with two attached hydrogens (primary N) is 1. The van der Waals surface area contributed by atoms with Gasteiger partial charge in [0.05, 0.1) is 36.0 Å². The minimum absolute atomic E-state index is 0.0245. The van der Waals surface area contributed by atoms with E-state index in [0.717, 1.165) is 0 Å². The first-order chi connectivity index (χ1) is 17.5. The SMILES string of the molecule is COc1cccc2c1C(=O)c1c(O)c3c(c(O)c1C2=O)C[C@@](O[C@H]1C[C@H](N)[C@H](O)[C@H](C)O1)(C(C)=O)CC3. The van der Waals surface area contributed by atoms with Crippen LogP contribution in [0.1, 0.15) is 69.7 Å². The average molecular weight is 512 g/mol. The second-order valence-electron chi connectivity index (χ2n) is 9.95. The molecule has 5 N–H and O–H groups in total. The number of phenolic OH excluding ortho intramolecular Hbond substituents is 2. The fourth-order valence-corrected chi connectivity index (χ4v) is 5.71. The number of hydrogen-bond acceptors (Lipinski definition) is 10. The molecule has 10 heteroatoms. The van der Waals surface area contributed by atoms with Crippen molar-refractivity contribution in [2.45, 2.75) is 69.7 Å². The molecule has 196 valence electrons. The van der Waals surface area contributed by atoms with Crippen LogP contribution in [0.15, 0.2) is 18.2 Å². The Morgan fingerprint density at radius 1 is 1.11 bits per heavy atom. The summed E-state index contributed by atoms with van der Waals surface area (Å²) in [4.78, 5) is 39.8. The number of methoxy groups -OCH3 is 1. The predicted octanol–water partition coefficient (Wildman–Crippen LogP) is 1.54. The molecule has 1 saturated heterocycles. The van der Waals surface area contributed by atoms with Crippen LogP contribution < -0.4 is 10.5 Å². The highest BCUT2D eigenvalue weighted by molar-refractivity contribution is 6.31. The Labute approximate surface area is 212 Å². The maximum atomic E-state index is 13.5. The van der Waals surface area contributed by atoms with E-state index in [9.17, 15) is 29.7 Å². The summed E-state index contributed by atoms with van der Waals surface area (Å²) in [6, 6.07) is 3.95. The first-order valence-electron chi connectivity index (χ1n) is 12.1. The molecule has 0 unspecified atom stereocenters. The van der Waals surface area contributed by atoms with Crippen LogP contribution in [0.4, 0.5) is 0 Å². The Bertz CT molecular complexity index is 1320. The molecule has 37 heavy (non-hydrogen) atoms. The molecular formula is C27H29NO9. The fraction of sp³-hybridized carbons (Fsp3) is 0.444. The van der Waals surface area contributed by atoms with Crippen molar-refractivity contribution in [1.29, 1.82) is 0 Å². The Kier molecular flexibility index (Phi) is 6.11. The Morgan fingerprint density at radius 3 is 2.43 bits per heavy atom. The van der Waals surface area contributed by atoms with Crippen LogP contribution in [0.2, 0.25) is 0 Å². The van der Waals surface area contributed by atoms with E-state index in [-0.39, 0.29) is 70.6 Å². The van der Waals surface area contributed by atoms with Gasteiger partial charge in [-0.25, -0.2) is 0 Å². The minimum Gasteiger partial charge on any atom is -0.507 e. The van der Waals surface area contributed by atoms with Crippen molar-refractivity contribution < 1.29 is 43.9 Å². The van der Waals surface area contributed by atoms with Crippen molar-refractivity contribution >= 4 is 17.3 Å². The maximum Gasteiger partial charge on any atom is 0.202 e. The molecule has 3 aliphatic rings. The van der Waals surface area contributed by atoms with Crippen molar-refractivity contribution in [1.82, 2.24) is 0 Å². The monoisotopic (exact) mass is 511 g/mol. The summed E-state index contributed by atoms with van der Waals surface area (Å²) < 4.78 is 17.2. The number of rotatable bonds is 4. The van der Waals surface area contributed by atoms with Crippen LogP contribution in [0.3, 0.4) is 0 Å². The van der Waals surface area contributed by atoms with E-state index in [0.29, 0.717) is 0 Å². The van der Waals surface area contributed by atoms with Gasteiger partial charge in [0.2, 0.25) is 5.78 Å². The van der Waals surface area contributed by atoms with E-state index in [2.05, 4.69) is 0 Å². The maximum absolute atomic E-state index is 13.5. The number of phenols is 2. The van der Waals surface area contributed by atoms with Crippen LogP contribution in [-0.2, 0) is 27.1 Å². The lowest BCUT2D eigenvalue weighted by Crippen LogP contribution is -2.56. The van der Waals surface area contributed by atoms with Crippen LogP contribution in [0, 0.1) is 0 Å². The zero-order valence-corrected chi connectivity index (χ0v) is 20.7. The highest BCUT2D eigenvalue weighted by atomic mass is 16.7. The lowest BCUT2D eigenvalue weighted by Gasteiger charge is -2.43. The van der Waals surface area contributed by atoms with E-state index in [1.807, 2.05) is 0 Å². The van der Waals surface area contributed by atoms with Crippen molar-refractivity contribution in [3.8, 4) is 17.2 Å². The fourth-order valence-electron chi connectivity index (χ4n) is 5.71. The quantitative estimate of drug-likeness (QED) is 0.377. The lowest BCUT2D eigenvalue weighted by atomic mass is 9.73. The molecule has 0 saturated carbocycles. The normalized spacial score (nSPS) is 28.8. The molecule has 0 amide bonds. The number of aliphatic hydroxyl groups excluding tert-OH is 1. The van der Waals surface area contributed by atoms with Crippen molar-refractivity contribution in [3.63, 3.8) is 0 Å². The second-order valence-corrected chi connectivity index (χ2v) is 9.95. The number of carbonyl (C=O) groups excluding carboxylic acids is 3. The van der Waals surface area contributed by atoms with E-state index in [1.165, 1.54) is 20.1 Å². The molecule has 1 fully saturated rings. The van der Waals surface area contributed by atoms with Gasteiger partial charge in [-0.3, -0.25) is 14.4 Å². The molecule has 2 aromatic carbocycles. The highest BCUT2D eigenvalue weighted by Crippen LogP contribution is 2.49. The van der Waals surface area contributed by atoms with Gasteiger partial charge in [-0.2, -0.15) is 0 Å². The minimum atomic E-state index is -1.43. The Balaban J connectivity index is 1.58. The van der Waals surface area contributed by atoms with Crippen LogP contribution in [0.5, 0.6) is 17.2 Å². The lowest BCUT2D eigenvalue weighted by molar-refractivity contribution is -0.261. The molecule has 0 bridgehead atoms. The van der Waals surface area contributed by atoms with Gasteiger partial charge in [0.25, 0.3) is 0 Å².